The minimum absolute atomic E-state index is 0.354. The van der Waals surface area contributed by atoms with Crippen LogP contribution in [0.15, 0.2) is 18.2 Å². The normalized spacial score (nSPS) is 10.5. The Morgan fingerprint density at radius 1 is 1.50 bits per heavy atom. The molecule has 0 aliphatic carbocycles. The van der Waals surface area contributed by atoms with E-state index in [0.29, 0.717) is 13.6 Å². The van der Waals surface area contributed by atoms with Crippen LogP contribution in [0.5, 0.6) is 0 Å². The summed E-state index contributed by atoms with van der Waals surface area (Å²) in [6.07, 6.45) is 0. The van der Waals surface area contributed by atoms with Crippen molar-refractivity contribution in [1.29, 1.82) is 0 Å². The van der Waals surface area contributed by atoms with Crippen LogP contribution in [0.25, 0.3) is 10.2 Å². The van der Waals surface area contributed by atoms with Crippen LogP contribution < -0.4 is 0 Å². The molecule has 0 atom stereocenters. The van der Waals surface area contributed by atoms with Crippen LogP contribution in [-0.4, -0.2) is 17.6 Å². The third-order valence-corrected chi connectivity index (χ3v) is 4.57. The van der Waals surface area contributed by atoms with Crippen molar-refractivity contribution in [2.24, 2.45) is 0 Å². The summed E-state index contributed by atoms with van der Waals surface area (Å²) in [6.45, 7) is 0. The second-order valence-electron chi connectivity index (χ2n) is 1.86. The van der Waals surface area contributed by atoms with Crippen LogP contribution >= 0.6 is 21.3 Å². The molecular formula is C6H3ClNSSe+. The zero-order valence-electron chi connectivity index (χ0n) is 4.87. The van der Waals surface area contributed by atoms with Crippen molar-refractivity contribution in [1.82, 2.24) is 3.98 Å². The van der Waals surface area contributed by atoms with Gasteiger partial charge in [-0.25, -0.2) is 0 Å². The van der Waals surface area contributed by atoms with Crippen molar-refractivity contribution in [3.05, 3.63) is 23.2 Å². The predicted octanol–water partition coefficient (Wildman–Crippen LogP) is 2.29. The molecular weight excluding hydrogens is 233 g/mol. The van der Waals surface area contributed by atoms with Gasteiger partial charge in [-0.15, -0.1) is 0 Å². The average molecular weight is 236 g/mol. The molecule has 1 aromatic heterocycles. The number of fused-ring (bicyclic) bond motifs is 1. The Kier molecular flexibility index (Phi) is 1.75. The van der Waals surface area contributed by atoms with Gasteiger partial charge in [0.2, 0.25) is 0 Å². The molecule has 0 radical (unpaired) electrons. The van der Waals surface area contributed by atoms with Gasteiger partial charge in [0.25, 0.3) is 0 Å². The summed E-state index contributed by atoms with van der Waals surface area (Å²) in [5, 5.41) is 0.779. The van der Waals surface area contributed by atoms with Crippen LogP contribution in [0.3, 0.4) is 0 Å². The van der Waals surface area contributed by atoms with Crippen molar-refractivity contribution in [2.45, 2.75) is 0 Å². The molecule has 50 valence electrons. The number of rotatable bonds is 0. The standard InChI is InChI=1S/C6H3ClNSSe/c7-4-1-2-6-5(3-4)8-10-9-6/h1-3H/q+1. The summed E-state index contributed by atoms with van der Waals surface area (Å²) >= 11 is 6.12. The van der Waals surface area contributed by atoms with E-state index in [0.717, 1.165) is 10.5 Å². The van der Waals surface area contributed by atoms with E-state index in [1.165, 1.54) is 4.70 Å². The van der Waals surface area contributed by atoms with Gasteiger partial charge in [-0.2, -0.15) is 0 Å². The summed E-state index contributed by atoms with van der Waals surface area (Å²) in [5.41, 5.74) is 1.07. The van der Waals surface area contributed by atoms with E-state index in [9.17, 15) is 0 Å². The SMILES string of the molecule is Clc1ccc2[s+][se]nc2c1. The molecule has 10 heavy (non-hydrogen) atoms. The van der Waals surface area contributed by atoms with Gasteiger partial charge >= 0.3 is 72.3 Å². The number of hydrogen-bond donors (Lipinski definition) is 0. The Labute approximate surface area is 72.3 Å². The van der Waals surface area contributed by atoms with Gasteiger partial charge in [-0.05, 0) is 0 Å². The molecule has 0 unspecified atom stereocenters. The fourth-order valence-electron chi connectivity index (χ4n) is 0.731. The van der Waals surface area contributed by atoms with Crippen LogP contribution in [0.2, 0.25) is 5.02 Å². The number of nitrogens with zero attached hydrogens (tertiary/aromatic N) is 1. The van der Waals surface area contributed by atoms with E-state index in [1.807, 2.05) is 27.9 Å². The van der Waals surface area contributed by atoms with E-state index >= 15 is 0 Å². The molecule has 0 N–H and O–H groups in total. The van der Waals surface area contributed by atoms with E-state index in [-0.39, 0.29) is 0 Å². The maximum absolute atomic E-state index is 5.76. The number of halogens is 1. The molecule has 0 fully saturated rings. The summed E-state index contributed by atoms with van der Waals surface area (Å²) in [4.78, 5) is 0. The number of aromatic nitrogens is 1. The first-order chi connectivity index (χ1) is 4.86. The molecule has 1 nitrogen and oxygen atoms in total. The van der Waals surface area contributed by atoms with Crippen LogP contribution in [-0.2, 0) is 0 Å². The van der Waals surface area contributed by atoms with E-state index in [1.54, 1.807) is 0 Å². The molecule has 2 aromatic rings. The molecule has 0 aliphatic rings. The van der Waals surface area contributed by atoms with Crippen molar-refractivity contribution in [2.75, 3.05) is 0 Å². The van der Waals surface area contributed by atoms with Gasteiger partial charge in [0.1, 0.15) is 0 Å². The molecule has 0 aliphatic heterocycles. The molecule has 1 heterocycles. The van der Waals surface area contributed by atoms with Gasteiger partial charge in [0.15, 0.2) is 0 Å². The third-order valence-electron chi connectivity index (χ3n) is 1.18. The molecule has 0 saturated heterocycles. The van der Waals surface area contributed by atoms with Crippen molar-refractivity contribution < 1.29 is 0 Å². The van der Waals surface area contributed by atoms with Crippen molar-refractivity contribution in [3.8, 4) is 0 Å². The molecule has 0 saturated carbocycles. The van der Waals surface area contributed by atoms with Crippen molar-refractivity contribution >= 4 is 45.1 Å². The Morgan fingerprint density at radius 2 is 2.40 bits per heavy atom. The molecule has 1 aromatic carbocycles. The zero-order chi connectivity index (χ0) is 6.97. The fraction of sp³-hybridized carbons (Fsp3) is 0. The topological polar surface area (TPSA) is 12.9 Å². The van der Waals surface area contributed by atoms with Crippen LogP contribution in [0.1, 0.15) is 0 Å². The zero-order valence-corrected chi connectivity index (χ0v) is 8.16. The van der Waals surface area contributed by atoms with Crippen LogP contribution in [0.4, 0.5) is 0 Å². The molecule has 0 spiro atoms. The molecule has 0 amide bonds. The number of hydrogen-bond acceptors (Lipinski definition) is 1. The molecule has 0 bridgehead atoms. The van der Waals surface area contributed by atoms with Gasteiger partial charge in [-0.3, -0.25) is 0 Å². The Morgan fingerprint density at radius 3 is 3.30 bits per heavy atom. The van der Waals surface area contributed by atoms with E-state index in [2.05, 4.69) is 3.98 Å². The third kappa shape index (κ3) is 1.10. The predicted molar refractivity (Wildman–Crippen MR) is 46.0 cm³/mol. The van der Waals surface area contributed by atoms with Gasteiger partial charge in [0, 0.05) is 0 Å². The summed E-state index contributed by atoms with van der Waals surface area (Å²) in [6, 6.07) is 5.85. The Hall–Kier alpha value is 0.0495. The first kappa shape index (κ1) is 6.74. The van der Waals surface area contributed by atoms with Gasteiger partial charge in [-0.1, -0.05) is 0 Å². The minimum atomic E-state index is 0.354. The summed E-state index contributed by atoms with van der Waals surface area (Å²) < 4.78 is 5.57. The maximum atomic E-state index is 5.76. The van der Waals surface area contributed by atoms with Crippen molar-refractivity contribution in [3.63, 3.8) is 0 Å². The molecule has 2 rings (SSSR count). The summed E-state index contributed by atoms with van der Waals surface area (Å²) in [5.74, 6) is 0. The fourth-order valence-corrected chi connectivity index (χ4v) is 3.99. The van der Waals surface area contributed by atoms with Gasteiger partial charge < -0.3 is 0 Å². The van der Waals surface area contributed by atoms with E-state index in [4.69, 9.17) is 11.6 Å². The second-order valence-corrected chi connectivity index (χ2v) is 5.42. The van der Waals surface area contributed by atoms with Gasteiger partial charge in [0.05, 0.1) is 0 Å². The second kappa shape index (κ2) is 2.59. The molecule has 4 heteroatoms. The number of benzene rings is 1. The quantitative estimate of drug-likeness (QED) is 0.504. The monoisotopic (exact) mass is 236 g/mol. The first-order valence-corrected chi connectivity index (χ1v) is 6.69. The Balaban J connectivity index is 2.86. The van der Waals surface area contributed by atoms with E-state index < -0.39 is 0 Å². The first-order valence-electron chi connectivity index (χ1n) is 2.70. The van der Waals surface area contributed by atoms with Crippen LogP contribution in [0, 0.1) is 0 Å². The summed E-state index contributed by atoms with van der Waals surface area (Å²) in [7, 11) is 1.81. The average Bonchev–Trinajstić information content (AvgIpc) is 2.33. The Bertz CT molecular complexity index is 359.